The molecule has 1 N–H and O–H groups in total. The Morgan fingerprint density at radius 2 is 1.84 bits per heavy atom. The zero-order valence-electron chi connectivity index (χ0n) is 14.9. The van der Waals surface area contributed by atoms with Crippen molar-refractivity contribution < 1.29 is 19.1 Å². The summed E-state index contributed by atoms with van der Waals surface area (Å²) in [6, 6.07) is 11.4. The van der Waals surface area contributed by atoms with E-state index >= 15 is 0 Å². The van der Waals surface area contributed by atoms with Crippen LogP contribution in [0, 0.1) is 0 Å². The highest BCUT2D eigenvalue weighted by Gasteiger charge is 2.17. The van der Waals surface area contributed by atoms with Crippen LogP contribution < -0.4 is 5.32 Å². The number of carbonyl (C=O) groups is 2. The highest BCUT2D eigenvalue weighted by molar-refractivity contribution is 7.17. The molecule has 0 aliphatic heterocycles. The summed E-state index contributed by atoms with van der Waals surface area (Å²) < 4.78 is 10.3. The second-order valence-corrected chi connectivity index (χ2v) is 7.48. The van der Waals surface area contributed by atoms with Crippen LogP contribution in [0.1, 0.15) is 42.9 Å². The predicted octanol–water partition coefficient (Wildman–Crippen LogP) is 4.62. The number of nitrogens with one attached hydrogen (secondary N) is 1. The summed E-state index contributed by atoms with van der Waals surface area (Å²) in [6.07, 6.45) is -0.458. The van der Waals surface area contributed by atoms with Crippen LogP contribution in [0.25, 0.3) is 10.4 Å². The molecule has 134 valence electrons. The average Bonchev–Trinajstić information content (AvgIpc) is 3.02. The molecule has 0 aliphatic carbocycles. The largest absolute Gasteiger partial charge is 0.462 e. The lowest BCUT2D eigenvalue weighted by atomic mass is 10.1. The molecule has 0 spiro atoms. The van der Waals surface area contributed by atoms with Crippen molar-refractivity contribution in [2.24, 2.45) is 0 Å². The first-order valence-corrected chi connectivity index (χ1v) is 8.94. The number of amides is 1. The van der Waals surface area contributed by atoms with E-state index in [9.17, 15) is 9.59 Å². The van der Waals surface area contributed by atoms with Gasteiger partial charge >= 0.3 is 12.1 Å². The first-order valence-electron chi connectivity index (χ1n) is 8.12. The van der Waals surface area contributed by atoms with Crippen molar-refractivity contribution in [3.05, 3.63) is 46.8 Å². The molecule has 2 rings (SSSR count). The molecule has 1 heterocycles. The van der Waals surface area contributed by atoms with Crippen LogP contribution >= 0.6 is 11.3 Å². The molecule has 1 aromatic carbocycles. The number of rotatable bonds is 5. The van der Waals surface area contributed by atoms with E-state index in [-0.39, 0.29) is 5.97 Å². The molecule has 2 aromatic rings. The maximum atomic E-state index is 11.9. The highest BCUT2D eigenvalue weighted by Crippen LogP contribution is 2.31. The molecular formula is C19H23NO4S. The van der Waals surface area contributed by atoms with Gasteiger partial charge in [0, 0.05) is 11.4 Å². The van der Waals surface area contributed by atoms with Crippen LogP contribution in [0.15, 0.2) is 36.4 Å². The van der Waals surface area contributed by atoms with Crippen LogP contribution in [-0.4, -0.2) is 24.3 Å². The van der Waals surface area contributed by atoms with Gasteiger partial charge < -0.3 is 14.8 Å². The second-order valence-electron chi connectivity index (χ2n) is 6.40. The summed E-state index contributed by atoms with van der Waals surface area (Å²) >= 11 is 1.37. The molecule has 0 fully saturated rings. The van der Waals surface area contributed by atoms with E-state index in [0.717, 1.165) is 16.0 Å². The van der Waals surface area contributed by atoms with Gasteiger partial charge in [-0.15, -0.1) is 11.3 Å². The third-order valence-corrected chi connectivity index (χ3v) is 4.29. The fourth-order valence-corrected chi connectivity index (χ4v) is 3.15. The van der Waals surface area contributed by atoms with Crippen molar-refractivity contribution in [2.45, 2.75) is 39.8 Å². The highest BCUT2D eigenvalue weighted by atomic mass is 32.1. The fourth-order valence-electron chi connectivity index (χ4n) is 2.19. The summed E-state index contributed by atoms with van der Waals surface area (Å²) in [5, 5.41) is 2.77. The number of carbonyl (C=O) groups excluding carboxylic acids is 2. The summed E-state index contributed by atoms with van der Waals surface area (Å²) in [4.78, 5) is 25.2. The third-order valence-electron chi connectivity index (χ3n) is 3.19. The van der Waals surface area contributed by atoms with E-state index in [1.54, 1.807) is 13.0 Å². The van der Waals surface area contributed by atoms with Gasteiger partial charge in [-0.1, -0.05) is 24.3 Å². The lowest BCUT2D eigenvalue weighted by molar-refractivity contribution is 0.0516. The van der Waals surface area contributed by atoms with Gasteiger partial charge in [-0.05, 0) is 51.0 Å². The number of hydrogen-bond donors (Lipinski definition) is 1. The predicted molar refractivity (Wildman–Crippen MR) is 98.8 cm³/mol. The minimum absolute atomic E-state index is 0.317. The zero-order valence-corrected chi connectivity index (χ0v) is 15.7. The summed E-state index contributed by atoms with van der Waals surface area (Å²) in [7, 11) is 0. The number of thiophene rings is 1. The van der Waals surface area contributed by atoms with Gasteiger partial charge in [-0.2, -0.15) is 0 Å². The van der Waals surface area contributed by atoms with Crippen molar-refractivity contribution >= 4 is 23.4 Å². The van der Waals surface area contributed by atoms with E-state index in [4.69, 9.17) is 9.47 Å². The van der Waals surface area contributed by atoms with Crippen molar-refractivity contribution in [2.75, 3.05) is 6.61 Å². The summed E-state index contributed by atoms with van der Waals surface area (Å²) in [6.45, 7) is 7.94. The third kappa shape index (κ3) is 5.60. The molecule has 0 unspecified atom stereocenters. The molecule has 0 radical (unpaired) electrons. The van der Waals surface area contributed by atoms with E-state index in [1.807, 2.05) is 51.1 Å². The van der Waals surface area contributed by atoms with Crippen LogP contribution in [0.3, 0.4) is 0 Å². The quantitative estimate of drug-likeness (QED) is 0.790. The standard InChI is InChI=1S/C19H23NO4S/c1-5-23-17(21)16-11-10-15(25-16)14-9-7-6-8-13(14)12-20-18(22)24-19(2,3)4/h6-11H,5,12H2,1-4H3,(H,20,22). The number of hydrogen-bond acceptors (Lipinski definition) is 5. The van der Waals surface area contributed by atoms with E-state index < -0.39 is 11.7 Å². The molecule has 6 heteroatoms. The molecule has 1 amide bonds. The fraction of sp³-hybridized carbons (Fsp3) is 0.368. The number of esters is 1. The molecule has 0 saturated carbocycles. The minimum atomic E-state index is -0.536. The van der Waals surface area contributed by atoms with Crippen molar-refractivity contribution in [1.82, 2.24) is 5.32 Å². The Bertz CT molecular complexity index is 746. The van der Waals surface area contributed by atoms with Gasteiger partial charge in [-0.3, -0.25) is 0 Å². The number of benzene rings is 1. The summed E-state index contributed by atoms with van der Waals surface area (Å²) in [5.74, 6) is -0.317. The topological polar surface area (TPSA) is 64.6 Å². The van der Waals surface area contributed by atoms with Gasteiger partial charge in [0.1, 0.15) is 10.5 Å². The van der Waals surface area contributed by atoms with Crippen LogP contribution in [-0.2, 0) is 16.0 Å². The molecule has 5 nitrogen and oxygen atoms in total. The molecule has 0 aliphatic rings. The molecule has 0 atom stereocenters. The van der Waals surface area contributed by atoms with Gasteiger partial charge in [0.2, 0.25) is 0 Å². The Kier molecular flexibility index (Phi) is 6.20. The minimum Gasteiger partial charge on any atom is -0.462 e. The Morgan fingerprint density at radius 1 is 1.12 bits per heavy atom. The summed E-state index contributed by atoms with van der Waals surface area (Å²) in [5.41, 5.74) is 1.39. The molecular weight excluding hydrogens is 338 g/mol. The Balaban J connectivity index is 2.13. The first-order chi connectivity index (χ1) is 11.8. The smallest absolute Gasteiger partial charge is 0.407 e. The lowest BCUT2D eigenvalue weighted by Crippen LogP contribution is -2.32. The van der Waals surface area contributed by atoms with E-state index in [1.165, 1.54) is 11.3 Å². The molecule has 25 heavy (non-hydrogen) atoms. The van der Waals surface area contributed by atoms with Crippen LogP contribution in [0.4, 0.5) is 4.79 Å². The number of ether oxygens (including phenoxy) is 2. The van der Waals surface area contributed by atoms with Crippen LogP contribution in [0.2, 0.25) is 0 Å². The monoisotopic (exact) mass is 361 g/mol. The maximum Gasteiger partial charge on any atom is 0.407 e. The maximum absolute atomic E-state index is 11.9. The SMILES string of the molecule is CCOC(=O)c1ccc(-c2ccccc2CNC(=O)OC(C)(C)C)s1. The van der Waals surface area contributed by atoms with E-state index in [2.05, 4.69) is 5.32 Å². The van der Waals surface area contributed by atoms with Gasteiger partial charge in [0.15, 0.2) is 0 Å². The normalized spacial score (nSPS) is 11.0. The zero-order chi connectivity index (χ0) is 18.4. The molecule has 0 saturated heterocycles. The molecule has 1 aromatic heterocycles. The van der Waals surface area contributed by atoms with Crippen molar-refractivity contribution in [1.29, 1.82) is 0 Å². The van der Waals surface area contributed by atoms with Crippen molar-refractivity contribution in [3.8, 4) is 10.4 Å². The first kappa shape index (κ1) is 19.0. The molecule has 0 bridgehead atoms. The lowest BCUT2D eigenvalue weighted by Gasteiger charge is -2.20. The van der Waals surface area contributed by atoms with Crippen molar-refractivity contribution in [3.63, 3.8) is 0 Å². The van der Waals surface area contributed by atoms with E-state index in [0.29, 0.717) is 18.0 Å². The Morgan fingerprint density at radius 3 is 2.52 bits per heavy atom. The van der Waals surface area contributed by atoms with Gasteiger partial charge in [0.05, 0.1) is 6.61 Å². The second kappa shape index (κ2) is 8.16. The van der Waals surface area contributed by atoms with Crippen LogP contribution in [0.5, 0.6) is 0 Å². The van der Waals surface area contributed by atoms with Gasteiger partial charge in [-0.25, -0.2) is 9.59 Å². The Labute approximate surface area is 152 Å². The van der Waals surface area contributed by atoms with Gasteiger partial charge in [0.25, 0.3) is 0 Å². The average molecular weight is 361 g/mol. The number of alkyl carbamates (subject to hydrolysis) is 1. The Hall–Kier alpha value is -2.34.